The lowest BCUT2D eigenvalue weighted by Crippen LogP contribution is -2.31. The Bertz CT molecular complexity index is 717. The van der Waals surface area contributed by atoms with E-state index in [4.69, 9.17) is 21.1 Å². The van der Waals surface area contributed by atoms with Crippen LogP contribution in [0.2, 0.25) is 5.02 Å². The molecule has 120 valence electrons. The first-order chi connectivity index (χ1) is 11.2. The Labute approximate surface area is 140 Å². The Balaban J connectivity index is 1.81. The van der Waals surface area contributed by atoms with Crippen molar-refractivity contribution >= 4 is 17.5 Å². The molecule has 1 aliphatic heterocycles. The first-order valence-electron chi connectivity index (χ1n) is 7.56. The van der Waals surface area contributed by atoms with Gasteiger partial charge in [0.05, 0.1) is 6.61 Å². The Morgan fingerprint density at radius 1 is 1.26 bits per heavy atom. The van der Waals surface area contributed by atoms with Crippen molar-refractivity contribution in [2.45, 2.75) is 20.0 Å². The maximum Gasteiger partial charge on any atom is 0.261 e. The number of carbonyl (C=O) groups is 1. The summed E-state index contributed by atoms with van der Waals surface area (Å²) < 4.78 is 11.1. The fourth-order valence-electron chi connectivity index (χ4n) is 2.60. The van der Waals surface area contributed by atoms with Gasteiger partial charge < -0.3 is 14.4 Å². The second-order valence-corrected chi connectivity index (χ2v) is 5.81. The van der Waals surface area contributed by atoms with Crippen molar-refractivity contribution in [3.05, 3.63) is 58.6 Å². The molecule has 1 aliphatic rings. The van der Waals surface area contributed by atoms with Crippen molar-refractivity contribution in [3.63, 3.8) is 0 Å². The smallest absolute Gasteiger partial charge is 0.261 e. The van der Waals surface area contributed by atoms with Crippen LogP contribution in [0.5, 0.6) is 11.5 Å². The van der Waals surface area contributed by atoms with Crippen LogP contribution in [0.25, 0.3) is 0 Å². The monoisotopic (exact) mass is 331 g/mol. The first kappa shape index (κ1) is 15.7. The van der Waals surface area contributed by atoms with Gasteiger partial charge in [-0.2, -0.15) is 0 Å². The summed E-state index contributed by atoms with van der Waals surface area (Å²) in [5.41, 5.74) is 1.94. The molecule has 0 aliphatic carbocycles. The average molecular weight is 332 g/mol. The minimum absolute atomic E-state index is 0.0415. The molecular weight excluding hydrogens is 314 g/mol. The van der Waals surface area contributed by atoms with Crippen LogP contribution in [0.1, 0.15) is 18.1 Å². The number of amides is 1. The highest BCUT2D eigenvalue weighted by Gasteiger charge is 2.22. The van der Waals surface area contributed by atoms with E-state index in [9.17, 15) is 4.79 Å². The van der Waals surface area contributed by atoms with Crippen LogP contribution in [0.15, 0.2) is 42.5 Å². The normalized spacial score (nSPS) is 14.0. The van der Waals surface area contributed by atoms with E-state index in [-0.39, 0.29) is 12.5 Å². The van der Waals surface area contributed by atoms with E-state index in [1.165, 1.54) is 0 Å². The zero-order valence-corrected chi connectivity index (χ0v) is 13.7. The summed E-state index contributed by atoms with van der Waals surface area (Å²) in [5, 5.41) is 0.639. The molecule has 23 heavy (non-hydrogen) atoms. The molecule has 0 atom stereocenters. The third-order valence-corrected chi connectivity index (χ3v) is 3.91. The van der Waals surface area contributed by atoms with Gasteiger partial charge in [0.25, 0.3) is 5.91 Å². The minimum Gasteiger partial charge on any atom is -0.494 e. The van der Waals surface area contributed by atoms with E-state index < -0.39 is 0 Å². The molecule has 0 unspecified atom stereocenters. The molecule has 0 spiro atoms. The lowest BCUT2D eigenvalue weighted by Gasteiger charge is -2.20. The topological polar surface area (TPSA) is 38.8 Å². The Morgan fingerprint density at radius 2 is 2.13 bits per heavy atom. The van der Waals surface area contributed by atoms with Gasteiger partial charge in [0.2, 0.25) is 0 Å². The molecule has 0 aromatic heterocycles. The lowest BCUT2D eigenvalue weighted by atomic mass is 10.1. The van der Waals surface area contributed by atoms with Crippen molar-refractivity contribution in [2.24, 2.45) is 0 Å². The molecule has 0 radical (unpaired) electrons. The zero-order valence-electron chi connectivity index (χ0n) is 12.9. The summed E-state index contributed by atoms with van der Waals surface area (Å²) in [6.07, 6.45) is 0. The molecule has 0 N–H and O–H groups in total. The summed E-state index contributed by atoms with van der Waals surface area (Å²) in [6, 6.07) is 13.2. The van der Waals surface area contributed by atoms with Crippen molar-refractivity contribution in [3.8, 4) is 11.5 Å². The molecule has 0 fully saturated rings. The molecular formula is C18H18ClNO3. The third kappa shape index (κ3) is 3.77. The molecule has 0 saturated carbocycles. The van der Waals surface area contributed by atoms with Crippen LogP contribution in [0.4, 0.5) is 0 Å². The van der Waals surface area contributed by atoms with Gasteiger partial charge in [0.1, 0.15) is 11.5 Å². The standard InChI is InChI=1S/C18H18ClNO3/c1-2-22-16-5-3-4-13(8-16)10-20-11-14-9-15(19)6-7-17(14)23-12-18(20)21/h3-9H,2,10-12H2,1H3. The first-order valence-corrected chi connectivity index (χ1v) is 7.94. The highest BCUT2D eigenvalue weighted by Crippen LogP contribution is 2.27. The second-order valence-electron chi connectivity index (χ2n) is 5.37. The molecule has 3 rings (SSSR count). The fraction of sp³-hybridized carbons (Fsp3) is 0.278. The maximum atomic E-state index is 12.3. The van der Waals surface area contributed by atoms with Gasteiger partial charge in [-0.15, -0.1) is 0 Å². The summed E-state index contributed by atoms with van der Waals surface area (Å²) in [6.45, 7) is 3.59. The molecule has 2 aromatic carbocycles. The number of benzene rings is 2. The van der Waals surface area contributed by atoms with Gasteiger partial charge in [-0.3, -0.25) is 4.79 Å². The van der Waals surface area contributed by atoms with Crippen molar-refractivity contribution in [1.29, 1.82) is 0 Å². The number of ether oxygens (including phenoxy) is 2. The van der Waals surface area contributed by atoms with Gasteiger partial charge in [-0.1, -0.05) is 23.7 Å². The maximum absolute atomic E-state index is 12.3. The van der Waals surface area contributed by atoms with Crippen LogP contribution >= 0.6 is 11.6 Å². The lowest BCUT2D eigenvalue weighted by molar-refractivity contribution is -0.133. The number of nitrogens with zero attached hydrogens (tertiary/aromatic N) is 1. The van der Waals surface area contributed by atoms with Crippen LogP contribution in [0, 0.1) is 0 Å². The molecule has 1 amide bonds. The van der Waals surface area contributed by atoms with E-state index in [1.807, 2.05) is 43.3 Å². The average Bonchev–Trinajstić information content (AvgIpc) is 2.68. The molecule has 0 saturated heterocycles. The van der Waals surface area contributed by atoms with Gasteiger partial charge in [-0.25, -0.2) is 0 Å². The summed E-state index contributed by atoms with van der Waals surface area (Å²) in [7, 11) is 0. The summed E-state index contributed by atoms with van der Waals surface area (Å²) in [4.78, 5) is 14.1. The van der Waals surface area contributed by atoms with Crippen LogP contribution in [0.3, 0.4) is 0 Å². The minimum atomic E-state index is -0.0425. The largest absolute Gasteiger partial charge is 0.494 e. The molecule has 4 nitrogen and oxygen atoms in total. The SMILES string of the molecule is CCOc1cccc(CN2Cc3cc(Cl)ccc3OCC2=O)c1. The van der Waals surface area contributed by atoms with Crippen LogP contribution in [-0.4, -0.2) is 24.0 Å². The molecule has 2 aromatic rings. The van der Waals surface area contributed by atoms with Gasteiger partial charge in [-0.05, 0) is 42.8 Å². The molecule has 1 heterocycles. The Morgan fingerprint density at radius 3 is 2.96 bits per heavy atom. The van der Waals surface area contributed by atoms with Crippen molar-refractivity contribution in [1.82, 2.24) is 4.90 Å². The summed E-state index contributed by atoms with van der Waals surface area (Å²) in [5.74, 6) is 1.49. The van der Waals surface area contributed by atoms with Crippen molar-refractivity contribution < 1.29 is 14.3 Å². The van der Waals surface area contributed by atoms with Gasteiger partial charge >= 0.3 is 0 Å². The number of hydrogen-bond acceptors (Lipinski definition) is 3. The molecule has 5 heteroatoms. The zero-order chi connectivity index (χ0) is 16.2. The fourth-order valence-corrected chi connectivity index (χ4v) is 2.80. The van der Waals surface area contributed by atoms with E-state index in [2.05, 4.69) is 0 Å². The number of carbonyl (C=O) groups excluding carboxylic acids is 1. The summed E-state index contributed by atoms with van der Waals surface area (Å²) >= 11 is 6.05. The number of halogens is 1. The quantitative estimate of drug-likeness (QED) is 0.858. The van der Waals surface area contributed by atoms with E-state index in [0.717, 1.165) is 16.9 Å². The second kappa shape index (κ2) is 6.92. The predicted octanol–water partition coefficient (Wildman–Crippen LogP) is 3.66. The predicted molar refractivity (Wildman–Crippen MR) is 88.8 cm³/mol. The van der Waals surface area contributed by atoms with Crippen molar-refractivity contribution in [2.75, 3.05) is 13.2 Å². The Hall–Kier alpha value is -2.20. The molecule has 0 bridgehead atoms. The van der Waals surface area contributed by atoms with Gasteiger partial charge in [0, 0.05) is 23.7 Å². The number of rotatable bonds is 4. The van der Waals surface area contributed by atoms with Gasteiger partial charge in [0.15, 0.2) is 6.61 Å². The van der Waals surface area contributed by atoms with E-state index in [0.29, 0.717) is 30.5 Å². The van der Waals surface area contributed by atoms with E-state index in [1.54, 1.807) is 11.0 Å². The van der Waals surface area contributed by atoms with Crippen LogP contribution < -0.4 is 9.47 Å². The number of fused-ring (bicyclic) bond motifs is 1. The number of hydrogen-bond donors (Lipinski definition) is 0. The highest BCUT2D eigenvalue weighted by molar-refractivity contribution is 6.30. The van der Waals surface area contributed by atoms with E-state index >= 15 is 0 Å². The Kier molecular flexibility index (Phi) is 4.72. The third-order valence-electron chi connectivity index (χ3n) is 3.67. The van der Waals surface area contributed by atoms with Crippen LogP contribution in [-0.2, 0) is 17.9 Å². The highest BCUT2D eigenvalue weighted by atomic mass is 35.5.